The van der Waals surface area contributed by atoms with Crippen LogP contribution >= 0.6 is 0 Å². The smallest absolute Gasteiger partial charge is 0.322 e. The van der Waals surface area contributed by atoms with Gasteiger partial charge in [0.2, 0.25) is 5.82 Å². The van der Waals surface area contributed by atoms with Crippen LogP contribution in [0.4, 0.5) is 9.18 Å². The second-order valence-corrected chi connectivity index (χ2v) is 8.97. The second kappa shape index (κ2) is 10.2. The maximum absolute atomic E-state index is 13.8. The van der Waals surface area contributed by atoms with Crippen molar-refractivity contribution < 1.29 is 13.7 Å². The van der Waals surface area contributed by atoms with Crippen LogP contribution in [0, 0.1) is 12.7 Å². The van der Waals surface area contributed by atoms with Gasteiger partial charge in [-0.05, 0) is 49.9 Å². The van der Waals surface area contributed by atoms with Crippen molar-refractivity contribution in [3.05, 3.63) is 113 Å². The Morgan fingerprint density at radius 3 is 2.53 bits per heavy atom. The van der Waals surface area contributed by atoms with Crippen LogP contribution in [0.3, 0.4) is 0 Å². The Bertz CT molecular complexity index is 1400. The first kappa shape index (κ1) is 23.5. The van der Waals surface area contributed by atoms with E-state index in [2.05, 4.69) is 27.6 Å². The van der Waals surface area contributed by atoms with Crippen molar-refractivity contribution in [2.45, 2.75) is 32.7 Å². The zero-order chi connectivity index (χ0) is 25.1. The summed E-state index contributed by atoms with van der Waals surface area (Å²) in [4.78, 5) is 19.5. The third-order valence-electron chi connectivity index (χ3n) is 6.44. The molecule has 1 aromatic heterocycles. The highest BCUT2D eigenvalue weighted by atomic mass is 19.1. The number of nitrogens with one attached hydrogen (secondary N) is 1. The van der Waals surface area contributed by atoms with Crippen molar-refractivity contribution in [3.8, 4) is 11.4 Å². The quantitative estimate of drug-likeness (QED) is 0.335. The van der Waals surface area contributed by atoms with Crippen molar-refractivity contribution in [1.29, 1.82) is 0 Å². The van der Waals surface area contributed by atoms with Crippen molar-refractivity contribution in [2.24, 2.45) is 0 Å². The molecule has 0 bridgehead atoms. The van der Waals surface area contributed by atoms with E-state index in [0.29, 0.717) is 23.8 Å². The van der Waals surface area contributed by atoms with Gasteiger partial charge in [0.25, 0.3) is 5.89 Å². The summed E-state index contributed by atoms with van der Waals surface area (Å²) in [5.74, 6) is 0.215. The minimum absolute atomic E-state index is 0.167. The molecule has 2 amide bonds. The lowest BCUT2D eigenvalue weighted by atomic mass is 9.94. The molecular formula is C29H27FN4O2. The number of halogens is 1. The fourth-order valence-corrected chi connectivity index (χ4v) is 4.50. The first-order valence-corrected chi connectivity index (χ1v) is 12.0. The summed E-state index contributed by atoms with van der Waals surface area (Å²) in [6, 6.07) is 23.6. The summed E-state index contributed by atoms with van der Waals surface area (Å²) in [6.07, 6.45) is 1.66. The number of rotatable bonds is 7. The summed E-state index contributed by atoms with van der Waals surface area (Å²) >= 11 is 0. The molecule has 5 rings (SSSR count). The summed E-state index contributed by atoms with van der Waals surface area (Å²) in [6.45, 7) is 4.47. The number of carbonyl (C=O) groups excluding carboxylic acids is 1. The van der Waals surface area contributed by atoms with Crippen molar-refractivity contribution in [2.75, 3.05) is 6.54 Å². The van der Waals surface area contributed by atoms with E-state index in [9.17, 15) is 9.18 Å². The van der Waals surface area contributed by atoms with Gasteiger partial charge in [0, 0.05) is 17.8 Å². The molecule has 4 aromatic rings. The predicted molar refractivity (Wildman–Crippen MR) is 136 cm³/mol. The van der Waals surface area contributed by atoms with Crippen LogP contribution in [0.15, 0.2) is 89.1 Å². The number of amides is 2. The second-order valence-electron chi connectivity index (χ2n) is 8.97. The van der Waals surface area contributed by atoms with E-state index >= 15 is 0 Å². The number of nitrogens with zero attached hydrogens (tertiary/aromatic N) is 3. The Morgan fingerprint density at radius 1 is 1.00 bits per heavy atom. The lowest BCUT2D eigenvalue weighted by molar-refractivity contribution is 0.204. The van der Waals surface area contributed by atoms with Gasteiger partial charge in [-0.1, -0.05) is 77.5 Å². The zero-order valence-electron chi connectivity index (χ0n) is 20.2. The Kier molecular flexibility index (Phi) is 6.62. The van der Waals surface area contributed by atoms with E-state index in [1.807, 2.05) is 56.3 Å². The number of allylic oxidation sites excluding steroid dienone is 1. The average molecular weight is 483 g/mol. The highest BCUT2D eigenvalue weighted by Gasteiger charge is 2.35. The van der Waals surface area contributed by atoms with Gasteiger partial charge in [-0.15, -0.1) is 0 Å². The zero-order valence-corrected chi connectivity index (χ0v) is 20.2. The van der Waals surface area contributed by atoms with Gasteiger partial charge >= 0.3 is 6.03 Å². The lowest BCUT2D eigenvalue weighted by Crippen LogP contribution is -2.46. The normalized spacial score (nSPS) is 15.8. The summed E-state index contributed by atoms with van der Waals surface area (Å²) < 4.78 is 19.5. The predicted octanol–water partition coefficient (Wildman–Crippen LogP) is 6.31. The third-order valence-corrected chi connectivity index (χ3v) is 6.44. The van der Waals surface area contributed by atoms with E-state index in [-0.39, 0.29) is 11.8 Å². The van der Waals surface area contributed by atoms with Crippen LogP contribution in [0.25, 0.3) is 17.0 Å². The number of carbonyl (C=O) groups is 1. The monoisotopic (exact) mass is 482 g/mol. The van der Waals surface area contributed by atoms with Crippen molar-refractivity contribution >= 4 is 11.6 Å². The van der Waals surface area contributed by atoms with Gasteiger partial charge in [-0.3, -0.25) is 4.90 Å². The van der Waals surface area contributed by atoms with Gasteiger partial charge in [0.05, 0.1) is 11.6 Å². The number of aryl methyl sites for hydroxylation is 2. The SMILES string of the molecule is CC1=C(c2nc(-c3cccc(F)c3)no2)C(c2ccc(C)cc2)NC(=O)N1CCCc1ccccc1. The fraction of sp³-hybridized carbons (Fsp3) is 0.207. The first-order valence-electron chi connectivity index (χ1n) is 12.0. The van der Waals surface area contributed by atoms with Crippen LogP contribution in [-0.4, -0.2) is 27.6 Å². The molecule has 0 fully saturated rings. The molecule has 1 aliphatic heterocycles. The first-order chi connectivity index (χ1) is 17.5. The number of aromatic nitrogens is 2. The number of benzene rings is 3. The van der Waals surface area contributed by atoms with Crippen LogP contribution in [-0.2, 0) is 6.42 Å². The fourth-order valence-electron chi connectivity index (χ4n) is 4.50. The molecule has 0 spiro atoms. The number of hydrogen-bond donors (Lipinski definition) is 1. The van der Waals surface area contributed by atoms with E-state index in [0.717, 1.165) is 35.2 Å². The van der Waals surface area contributed by atoms with E-state index < -0.39 is 6.04 Å². The van der Waals surface area contributed by atoms with Crippen LogP contribution < -0.4 is 5.32 Å². The molecule has 0 saturated heterocycles. The Balaban J connectivity index is 1.49. The summed E-state index contributed by atoms with van der Waals surface area (Å²) in [5.41, 5.74) is 5.27. The minimum atomic E-state index is -0.454. The molecule has 2 heterocycles. The molecule has 0 saturated carbocycles. The molecule has 3 aromatic carbocycles. The van der Waals surface area contributed by atoms with Crippen molar-refractivity contribution in [3.63, 3.8) is 0 Å². The van der Waals surface area contributed by atoms with Crippen LogP contribution in [0.5, 0.6) is 0 Å². The largest absolute Gasteiger partial charge is 0.334 e. The molecule has 36 heavy (non-hydrogen) atoms. The highest BCUT2D eigenvalue weighted by molar-refractivity contribution is 5.86. The molecule has 1 aliphatic rings. The molecule has 0 radical (unpaired) electrons. The van der Waals surface area contributed by atoms with Gasteiger partial charge < -0.3 is 9.84 Å². The standard InChI is InChI=1S/C29H27FN4O2/c1-19-13-15-22(16-14-19)26-25(28-32-27(33-36-28)23-11-6-12-24(30)18-23)20(2)34(29(35)31-26)17-7-10-21-8-4-3-5-9-21/h3-6,8-9,11-16,18,26H,7,10,17H2,1-2H3,(H,31,35). The molecule has 1 atom stereocenters. The van der Waals surface area contributed by atoms with Crippen LogP contribution in [0.1, 0.15) is 42.0 Å². The number of urea groups is 1. The molecular weight excluding hydrogens is 455 g/mol. The maximum Gasteiger partial charge on any atom is 0.322 e. The van der Waals surface area contributed by atoms with Gasteiger partial charge in [0.1, 0.15) is 5.82 Å². The minimum Gasteiger partial charge on any atom is -0.334 e. The average Bonchev–Trinajstić information content (AvgIpc) is 3.37. The van der Waals surface area contributed by atoms with E-state index in [1.54, 1.807) is 17.0 Å². The topological polar surface area (TPSA) is 71.3 Å². The van der Waals surface area contributed by atoms with E-state index in [1.165, 1.54) is 17.7 Å². The Hall–Kier alpha value is -4.26. The summed E-state index contributed by atoms with van der Waals surface area (Å²) in [7, 11) is 0. The Labute approximate surface area is 209 Å². The van der Waals surface area contributed by atoms with Crippen molar-refractivity contribution in [1.82, 2.24) is 20.4 Å². The van der Waals surface area contributed by atoms with Gasteiger partial charge in [0.15, 0.2) is 0 Å². The van der Waals surface area contributed by atoms with Crippen LogP contribution in [0.2, 0.25) is 0 Å². The number of hydrogen-bond acceptors (Lipinski definition) is 4. The molecule has 1 N–H and O–H groups in total. The molecule has 7 heteroatoms. The molecule has 0 aliphatic carbocycles. The highest BCUT2D eigenvalue weighted by Crippen LogP contribution is 2.37. The molecule has 182 valence electrons. The molecule has 1 unspecified atom stereocenters. The molecule has 6 nitrogen and oxygen atoms in total. The Morgan fingerprint density at radius 2 is 1.78 bits per heavy atom. The van der Waals surface area contributed by atoms with E-state index in [4.69, 9.17) is 4.52 Å². The lowest BCUT2D eigenvalue weighted by Gasteiger charge is -2.35. The van der Waals surface area contributed by atoms with Gasteiger partial charge in [-0.2, -0.15) is 4.98 Å². The maximum atomic E-state index is 13.8. The summed E-state index contributed by atoms with van der Waals surface area (Å²) in [5, 5.41) is 7.24. The van der Waals surface area contributed by atoms with Gasteiger partial charge in [-0.25, -0.2) is 9.18 Å². The third kappa shape index (κ3) is 4.91.